The third-order valence-corrected chi connectivity index (χ3v) is 7.02. The van der Waals surface area contributed by atoms with E-state index in [9.17, 15) is 35.5 Å². The van der Waals surface area contributed by atoms with Gasteiger partial charge >= 0.3 is 18.4 Å². The zero-order valence-corrected chi connectivity index (χ0v) is 21.6. The molecule has 41 heavy (non-hydrogen) atoms. The van der Waals surface area contributed by atoms with Crippen LogP contribution in [0.2, 0.25) is 0 Å². The number of hydrogen-bond acceptors (Lipinski definition) is 6. The maximum atomic E-state index is 13.5. The number of alkyl halides is 7. The van der Waals surface area contributed by atoms with E-state index in [1.807, 2.05) is 0 Å². The van der Waals surface area contributed by atoms with Crippen molar-refractivity contribution in [1.82, 2.24) is 14.9 Å². The Hall–Kier alpha value is -4.10. The van der Waals surface area contributed by atoms with Crippen LogP contribution in [0.15, 0.2) is 48.7 Å². The number of hydrogen-bond donors (Lipinski definition) is 0. The monoisotopic (exact) mass is 584 g/mol. The molecule has 2 saturated heterocycles. The summed E-state index contributed by atoms with van der Waals surface area (Å²) in [7, 11) is 1.46. The first-order valence-corrected chi connectivity index (χ1v) is 12.4. The largest absolute Gasteiger partial charge is 0.496 e. The summed E-state index contributed by atoms with van der Waals surface area (Å²) in [5.41, 5.74) is -2.13. The third kappa shape index (κ3) is 5.59. The van der Waals surface area contributed by atoms with Crippen LogP contribution < -0.4 is 9.64 Å². The molecule has 14 heteroatoms. The SMILES string of the molecule is COc1ccccc1-c1cnc(N2CC(F)C2)nc1CN1C(=O)O[C@H](c2cc(C(F)(F)F)cc(C(F)(F)F)c2)[C@@H]1C. The molecule has 0 unspecified atom stereocenters. The Morgan fingerprint density at radius 1 is 1.00 bits per heavy atom. The van der Waals surface area contributed by atoms with Gasteiger partial charge in [0.25, 0.3) is 0 Å². The van der Waals surface area contributed by atoms with E-state index in [4.69, 9.17) is 9.47 Å². The lowest BCUT2D eigenvalue weighted by Crippen LogP contribution is -2.49. The fourth-order valence-corrected chi connectivity index (χ4v) is 4.82. The van der Waals surface area contributed by atoms with Crippen molar-refractivity contribution < 1.29 is 45.0 Å². The summed E-state index contributed by atoms with van der Waals surface area (Å²) < 4.78 is 105. The molecule has 3 aromatic rings. The van der Waals surface area contributed by atoms with E-state index in [1.54, 1.807) is 29.2 Å². The molecule has 0 aliphatic carbocycles. The van der Waals surface area contributed by atoms with Gasteiger partial charge in [-0.25, -0.2) is 19.2 Å². The van der Waals surface area contributed by atoms with Gasteiger partial charge in [0.2, 0.25) is 5.95 Å². The molecule has 2 aliphatic rings. The van der Waals surface area contributed by atoms with Gasteiger partial charge in [-0.15, -0.1) is 0 Å². The highest BCUT2D eigenvalue weighted by atomic mass is 19.4. The number of halogens is 7. The van der Waals surface area contributed by atoms with Gasteiger partial charge in [-0.3, -0.25) is 4.90 Å². The van der Waals surface area contributed by atoms with Crippen LogP contribution in [0.1, 0.15) is 35.4 Å². The van der Waals surface area contributed by atoms with Crippen LogP contribution in [0.25, 0.3) is 11.1 Å². The number of ether oxygens (including phenoxy) is 2. The first-order valence-electron chi connectivity index (χ1n) is 12.4. The number of aromatic nitrogens is 2. The first-order chi connectivity index (χ1) is 19.3. The lowest BCUT2D eigenvalue weighted by molar-refractivity contribution is -0.143. The number of nitrogens with zero attached hydrogens (tertiary/aromatic N) is 4. The number of rotatable bonds is 6. The highest BCUT2D eigenvalue weighted by molar-refractivity contribution is 5.74. The summed E-state index contributed by atoms with van der Waals surface area (Å²) in [6, 6.07) is 7.06. The molecule has 0 spiro atoms. The van der Waals surface area contributed by atoms with Crippen LogP contribution >= 0.6 is 0 Å². The number of para-hydroxylation sites is 1. The molecule has 2 aromatic carbocycles. The van der Waals surface area contributed by atoms with E-state index in [0.29, 0.717) is 34.7 Å². The topological polar surface area (TPSA) is 67.8 Å². The number of carbonyl (C=O) groups is 1. The number of cyclic esters (lactones) is 1. The predicted octanol–water partition coefficient (Wildman–Crippen LogP) is 6.43. The zero-order valence-electron chi connectivity index (χ0n) is 21.6. The molecule has 0 saturated carbocycles. The summed E-state index contributed by atoms with van der Waals surface area (Å²) in [6.45, 7) is 1.39. The highest BCUT2D eigenvalue weighted by Gasteiger charge is 2.44. The van der Waals surface area contributed by atoms with Crippen molar-refractivity contribution in [3.05, 3.63) is 71.0 Å². The van der Waals surface area contributed by atoms with Gasteiger partial charge in [0.05, 0.1) is 49.6 Å². The first kappa shape index (κ1) is 28.4. The average Bonchev–Trinajstić information content (AvgIpc) is 3.18. The van der Waals surface area contributed by atoms with Crippen molar-refractivity contribution in [1.29, 1.82) is 0 Å². The van der Waals surface area contributed by atoms with Crippen molar-refractivity contribution in [2.75, 3.05) is 25.1 Å². The Morgan fingerprint density at radius 2 is 1.63 bits per heavy atom. The summed E-state index contributed by atoms with van der Waals surface area (Å²) in [6.07, 6.45) is -12.0. The van der Waals surface area contributed by atoms with Crippen molar-refractivity contribution in [2.24, 2.45) is 0 Å². The normalized spacial score (nSPS) is 19.8. The maximum Gasteiger partial charge on any atom is 0.416 e. The molecule has 1 aromatic heterocycles. The molecule has 2 atom stereocenters. The number of benzene rings is 2. The van der Waals surface area contributed by atoms with Gasteiger partial charge in [0, 0.05) is 17.3 Å². The van der Waals surface area contributed by atoms with Crippen LogP contribution in [-0.2, 0) is 23.6 Å². The van der Waals surface area contributed by atoms with Gasteiger partial charge in [0.15, 0.2) is 0 Å². The van der Waals surface area contributed by atoms with Crippen LogP contribution in [0.4, 0.5) is 41.5 Å². The van der Waals surface area contributed by atoms with E-state index in [0.717, 1.165) is 4.90 Å². The van der Waals surface area contributed by atoms with E-state index in [-0.39, 0.29) is 31.6 Å². The van der Waals surface area contributed by atoms with Gasteiger partial charge in [-0.05, 0) is 36.8 Å². The molecule has 0 radical (unpaired) electrons. The van der Waals surface area contributed by atoms with Crippen LogP contribution in [0.5, 0.6) is 5.75 Å². The Kier molecular flexibility index (Phi) is 7.20. The number of anilines is 1. The molecular formula is C27H23F7N4O3. The van der Waals surface area contributed by atoms with Crippen molar-refractivity contribution in [2.45, 2.75) is 44.1 Å². The standard InChI is InChI=1S/C27H23F7N4O3/c1-14-23(15-7-16(26(29,30)31)9-17(8-15)27(32,33)34)41-25(39)38(14)13-21-20(19-5-3-4-6-22(19)40-2)10-35-24(36-21)37-11-18(28)12-37/h3-10,14,18,23H,11-13H2,1-2H3/t14-,23-/m0/s1. The summed E-state index contributed by atoms with van der Waals surface area (Å²) in [5.74, 6) is 0.674. The molecule has 5 rings (SSSR count). The molecule has 2 aliphatic heterocycles. The smallest absolute Gasteiger partial charge is 0.416 e. The van der Waals surface area contributed by atoms with Crippen molar-refractivity contribution in [3.63, 3.8) is 0 Å². The van der Waals surface area contributed by atoms with Crippen molar-refractivity contribution in [3.8, 4) is 16.9 Å². The Bertz CT molecular complexity index is 1430. The zero-order chi connectivity index (χ0) is 29.7. The Morgan fingerprint density at radius 3 is 2.22 bits per heavy atom. The van der Waals surface area contributed by atoms with E-state index < -0.39 is 53.5 Å². The molecule has 7 nitrogen and oxygen atoms in total. The Balaban J connectivity index is 1.52. The van der Waals surface area contributed by atoms with Gasteiger partial charge in [-0.1, -0.05) is 18.2 Å². The van der Waals surface area contributed by atoms with E-state index >= 15 is 0 Å². The fourth-order valence-electron chi connectivity index (χ4n) is 4.82. The fraction of sp³-hybridized carbons (Fsp3) is 0.370. The van der Waals surface area contributed by atoms with Gasteiger partial charge in [0.1, 0.15) is 18.0 Å². The van der Waals surface area contributed by atoms with Gasteiger partial charge < -0.3 is 14.4 Å². The Labute approximate surface area is 229 Å². The third-order valence-electron chi connectivity index (χ3n) is 7.02. The average molecular weight is 584 g/mol. The summed E-state index contributed by atoms with van der Waals surface area (Å²) in [5, 5.41) is 0. The summed E-state index contributed by atoms with van der Waals surface area (Å²) >= 11 is 0. The molecule has 0 N–H and O–H groups in total. The second-order valence-electron chi connectivity index (χ2n) is 9.74. The maximum absolute atomic E-state index is 13.5. The molecule has 0 bridgehead atoms. The number of carbonyl (C=O) groups excluding carboxylic acids is 1. The second-order valence-corrected chi connectivity index (χ2v) is 9.74. The second kappa shape index (κ2) is 10.4. The van der Waals surface area contributed by atoms with Crippen LogP contribution in [-0.4, -0.2) is 53.4 Å². The minimum absolute atomic E-state index is 0.0163. The van der Waals surface area contributed by atoms with E-state index in [1.165, 1.54) is 20.2 Å². The summed E-state index contributed by atoms with van der Waals surface area (Å²) in [4.78, 5) is 24.6. The van der Waals surface area contributed by atoms with Crippen molar-refractivity contribution >= 4 is 12.0 Å². The van der Waals surface area contributed by atoms with E-state index in [2.05, 4.69) is 9.97 Å². The van der Waals surface area contributed by atoms with Crippen LogP contribution in [0, 0.1) is 0 Å². The quantitative estimate of drug-likeness (QED) is 0.311. The lowest BCUT2D eigenvalue weighted by Gasteiger charge is -2.34. The lowest BCUT2D eigenvalue weighted by atomic mass is 9.97. The minimum Gasteiger partial charge on any atom is -0.496 e. The number of methoxy groups -OCH3 is 1. The molecular weight excluding hydrogens is 561 g/mol. The van der Waals surface area contributed by atoms with Gasteiger partial charge in [-0.2, -0.15) is 26.3 Å². The molecule has 218 valence electrons. The number of amides is 1. The molecule has 2 fully saturated rings. The van der Waals surface area contributed by atoms with Crippen LogP contribution in [0.3, 0.4) is 0 Å². The highest BCUT2D eigenvalue weighted by Crippen LogP contribution is 2.42. The predicted molar refractivity (Wildman–Crippen MR) is 132 cm³/mol. The minimum atomic E-state index is -5.06. The molecule has 3 heterocycles. The molecule has 1 amide bonds.